The van der Waals surface area contributed by atoms with Gasteiger partial charge in [0.25, 0.3) is 17.5 Å². The van der Waals surface area contributed by atoms with Gasteiger partial charge in [-0.05, 0) is 42.0 Å². The molecule has 0 saturated carbocycles. The number of rotatable bonds is 7. The van der Waals surface area contributed by atoms with Crippen LogP contribution in [0.25, 0.3) is 6.08 Å². The number of ether oxygens (including phenoxy) is 1. The lowest BCUT2D eigenvalue weighted by atomic mass is 10.1. The Balaban J connectivity index is 1.59. The van der Waals surface area contributed by atoms with Gasteiger partial charge in [-0.3, -0.25) is 25.0 Å². The highest BCUT2D eigenvalue weighted by molar-refractivity contribution is 6.39. The van der Waals surface area contributed by atoms with E-state index < -0.39 is 28.7 Å². The number of carboxylic acid groups (broad SMARTS) is 1. The number of nitro benzene ring substituents is 1. The molecule has 3 aromatic rings. The SMILES string of the molecule is O=C1NC(=O)N(c2ccc([N+](=O)[O-])cc2)C(=O)/C1=C\c1ccccc1OCc1ccc(C(=O)O)cc1. The number of benzene rings is 3. The zero-order chi connectivity index (χ0) is 25.8. The van der Waals surface area contributed by atoms with Crippen LogP contribution in [0.15, 0.2) is 78.4 Å². The average molecular weight is 487 g/mol. The number of carboxylic acids is 1. The summed E-state index contributed by atoms with van der Waals surface area (Å²) in [5.41, 5.74) is 0.711. The number of carbonyl (C=O) groups excluding carboxylic acids is 3. The number of para-hydroxylation sites is 1. The predicted octanol–water partition coefficient (Wildman–Crippen LogP) is 3.54. The highest BCUT2D eigenvalue weighted by Crippen LogP contribution is 2.27. The molecule has 0 spiro atoms. The van der Waals surface area contributed by atoms with Crippen LogP contribution in [0.4, 0.5) is 16.2 Å². The first kappa shape index (κ1) is 23.8. The smallest absolute Gasteiger partial charge is 0.335 e. The van der Waals surface area contributed by atoms with Gasteiger partial charge in [0.1, 0.15) is 17.9 Å². The van der Waals surface area contributed by atoms with E-state index in [4.69, 9.17) is 9.84 Å². The van der Waals surface area contributed by atoms with Crippen LogP contribution < -0.4 is 15.0 Å². The maximum absolute atomic E-state index is 13.1. The standard InChI is InChI=1S/C25H17N3O8/c29-22-20(23(30)27(25(33)26-22)18-9-11-19(12-10-18)28(34)35)13-17-3-1-2-4-21(17)36-14-15-5-7-16(8-6-15)24(31)32/h1-13H,14H2,(H,31,32)(H,26,29,33)/b20-13-. The molecule has 11 nitrogen and oxygen atoms in total. The van der Waals surface area contributed by atoms with E-state index in [1.807, 2.05) is 0 Å². The summed E-state index contributed by atoms with van der Waals surface area (Å²) in [6, 6.07) is 16.5. The van der Waals surface area contributed by atoms with E-state index in [9.17, 15) is 29.3 Å². The number of hydrogen-bond donors (Lipinski definition) is 2. The topological polar surface area (TPSA) is 156 Å². The van der Waals surface area contributed by atoms with Crippen molar-refractivity contribution in [1.82, 2.24) is 5.32 Å². The second-order valence-electron chi connectivity index (χ2n) is 7.56. The number of carbonyl (C=O) groups is 4. The maximum Gasteiger partial charge on any atom is 0.335 e. The molecule has 11 heteroatoms. The Kier molecular flexibility index (Phi) is 6.55. The van der Waals surface area contributed by atoms with Gasteiger partial charge in [0.15, 0.2) is 0 Å². The number of amides is 4. The van der Waals surface area contributed by atoms with Gasteiger partial charge in [0, 0.05) is 17.7 Å². The van der Waals surface area contributed by atoms with Crippen LogP contribution in [-0.2, 0) is 16.2 Å². The third kappa shape index (κ3) is 4.94. The number of nitrogens with zero attached hydrogens (tertiary/aromatic N) is 2. The third-order valence-electron chi connectivity index (χ3n) is 5.23. The average Bonchev–Trinajstić information content (AvgIpc) is 2.86. The Morgan fingerprint density at radius 3 is 2.31 bits per heavy atom. The van der Waals surface area contributed by atoms with E-state index in [1.54, 1.807) is 36.4 Å². The molecule has 0 aliphatic carbocycles. The Morgan fingerprint density at radius 1 is 1.00 bits per heavy atom. The minimum absolute atomic E-state index is 0.0517. The number of non-ortho nitro benzene ring substituents is 1. The molecule has 1 fully saturated rings. The summed E-state index contributed by atoms with van der Waals surface area (Å²) < 4.78 is 5.82. The molecule has 1 aliphatic rings. The van der Waals surface area contributed by atoms with Crippen molar-refractivity contribution >= 4 is 41.3 Å². The van der Waals surface area contributed by atoms with Crippen molar-refractivity contribution < 1.29 is 33.9 Å². The number of urea groups is 1. The van der Waals surface area contributed by atoms with E-state index >= 15 is 0 Å². The molecule has 4 amide bonds. The molecule has 0 bridgehead atoms. The molecule has 4 rings (SSSR count). The summed E-state index contributed by atoms with van der Waals surface area (Å²) in [5.74, 6) is -2.51. The summed E-state index contributed by atoms with van der Waals surface area (Å²) in [6.07, 6.45) is 1.28. The minimum Gasteiger partial charge on any atom is -0.488 e. The molecule has 180 valence electrons. The van der Waals surface area contributed by atoms with Gasteiger partial charge in [-0.15, -0.1) is 0 Å². The van der Waals surface area contributed by atoms with Crippen molar-refractivity contribution in [1.29, 1.82) is 0 Å². The molecule has 1 saturated heterocycles. The first-order valence-corrected chi connectivity index (χ1v) is 10.4. The van der Waals surface area contributed by atoms with Gasteiger partial charge in [0.2, 0.25) is 0 Å². The Labute approximate surface area is 203 Å². The lowest BCUT2D eigenvalue weighted by molar-refractivity contribution is -0.384. The summed E-state index contributed by atoms with van der Waals surface area (Å²) >= 11 is 0. The van der Waals surface area contributed by atoms with Gasteiger partial charge >= 0.3 is 12.0 Å². The van der Waals surface area contributed by atoms with Crippen LogP contribution >= 0.6 is 0 Å². The molecule has 2 N–H and O–H groups in total. The highest BCUT2D eigenvalue weighted by Gasteiger charge is 2.37. The van der Waals surface area contributed by atoms with Gasteiger partial charge in [-0.1, -0.05) is 30.3 Å². The first-order chi connectivity index (χ1) is 17.2. The monoisotopic (exact) mass is 487 g/mol. The number of anilines is 1. The second-order valence-corrected chi connectivity index (χ2v) is 7.56. The number of barbiturate groups is 1. The normalized spacial score (nSPS) is 14.5. The molecule has 0 atom stereocenters. The van der Waals surface area contributed by atoms with Gasteiger partial charge < -0.3 is 9.84 Å². The van der Waals surface area contributed by atoms with Crippen LogP contribution in [0.2, 0.25) is 0 Å². The number of imide groups is 2. The highest BCUT2D eigenvalue weighted by atomic mass is 16.6. The maximum atomic E-state index is 13.1. The molecule has 36 heavy (non-hydrogen) atoms. The van der Waals surface area contributed by atoms with E-state index in [2.05, 4.69) is 5.32 Å². The fourth-order valence-electron chi connectivity index (χ4n) is 3.41. The van der Waals surface area contributed by atoms with Gasteiger partial charge in [-0.25, -0.2) is 14.5 Å². The lowest BCUT2D eigenvalue weighted by Crippen LogP contribution is -2.54. The summed E-state index contributed by atoms with van der Waals surface area (Å²) in [7, 11) is 0. The van der Waals surface area contributed by atoms with Gasteiger partial charge in [-0.2, -0.15) is 0 Å². The molecule has 0 radical (unpaired) electrons. The number of nitrogens with one attached hydrogen (secondary N) is 1. The van der Waals surface area contributed by atoms with Crippen LogP contribution in [0.3, 0.4) is 0 Å². The van der Waals surface area contributed by atoms with Crippen molar-refractivity contribution in [3.05, 3.63) is 105 Å². The first-order valence-electron chi connectivity index (χ1n) is 10.4. The summed E-state index contributed by atoms with van der Waals surface area (Å²) in [6.45, 7) is 0.0909. The summed E-state index contributed by atoms with van der Waals surface area (Å²) in [5, 5.41) is 22.0. The van der Waals surface area contributed by atoms with Crippen LogP contribution in [0.1, 0.15) is 21.5 Å². The largest absolute Gasteiger partial charge is 0.488 e. The quantitative estimate of drug-likeness (QED) is 0.222. The zero-order valence-electron chi connectivity index (χ0n) is 18.4. The molecular formula is C25H17N3O8. The van der Waals surface area contributed by atoms with Crippen LogP contribution in [-0.4, -0.2) is 33.8 Å². The molecule has 1 heterocycles. The van der Waals surface area contributed by atoms with Crippen LogP contribution in [0, 0.1) is 10.1 Å². The number of aromatic carboxylic acids is 1. The van der Waals surface area contributed by atoms with Crippen molar-refractivity contribution in [2.45, 2.75) is 6.61 Å². The fraction of sp³-hybridized carbons (Fsp3) is 0.0400. The Hall–Kier alpha value is -5.32. The zero-order valence-corrected chi connectivity index (χ0v) is 18.4. The number of hydrogen-bond acceptors (Lipinski definition) is 7. The van der Waals surface area contributed by atoms with Crippen LogP contribution in [0.5, 0.6) is 5.75 Å². The second kappa shape index (κ2) is 9.89. The predicted molar refractivity (Wildman–Crippen MR) is 126 cm³/mol. The lowest BCUT2D eigenvalue weighted by Gasteiger charge is -2.26. The molecule has 0 unspecified atom stereocenters. The summed E-state index contributed by atoms with van der Waals surface area (Å²) in [4.78, 5) is 60.0. The van der Waals surface area contributed by atoms with Crippen molar-refractivity contribution in [2.75, 3.05) is 4.90 Å². The van der Waals surface area contributed by atoms with Gasteiger partial charge in [0.05, 0.1) is 16.2 Å². The Morgan fingerprint density at radius 2 is 1.67 bits per heavy atom. The van der Waals surface area contributed by atoms with Crippen molar-refractivity contribution in [3.8, 4) is 5.75 Å². The number of nitro groups is 1. The van der Waals surface area contributed by atoms with E-state index in [0.29, 0.717) is 21.8 Å². The van der Waals surface area contributed by atoms with Crippen molar-refractivity contribution in [2.24, 2.45) is 0 Å². The minimum atomic E-state index is -1.05. The fourth-order valence-corrected chi connectivity index (χ4v) is 3.41. The van der Waals surface area contributed by atoms with E-state index in [0.717, 1.165) is 12.1 Å². The third-order valence-corrected chi connectivity index (χ3v) is 5.23. The van der Waals surface area contributed by atoms with E-state index in [-0.39, 0.29) is 29.1 Å². The van der Waals surface area contributed by atoms with Crippen molar-refractivity contribution in [3.63, 3.8) is 0 Å². The molecule has 3 aromatic carbocycles. The molecular weight excluding hydrogens is 470 g/mol. The molecule has 1 aliphatic heterocycles. The molecule has 0 aromatic heterocycles. The Bertz CT molecular complexity index is 1410. The van der Waals surface area contributed by atoms with E-state index in [1.165, 1.54) is 30.3 Å².